The summed E-state index contributed by atoms with van der Waals surface area (Å²) in [6, 6.07) is 9.04. The Morgan fingerprint density at radius 1 is 1.36 bits per heavy atom. The van der Waals surface area contributed by atoms with Gasteiger partial charge in [0.05, 0.1) is 20.7 Å². The molecule has 0 bridgehead atoms. The number of carboxylic acids is 1. The average molecular weight is 545 g/mol. The molecule has 190 valence electrons. The maximum atomic E-state index is 12.9. The number of benzene rings is 1. The summed E-state index contributed by atoms with van der Waals surface area (Å²) in [6.45, 7) is 2.32. The first-order valence-corrected chi connectivity index (χ1v) is 14.5. The first-order valence-electron chi connectivity index (χ1n) is 11.6. The van der Waals surface area contributed by atoms with Gasteiger partial charge in [-0.15, -0.1) is 34.4 Å². The van der Waals surface area contributed by atoms with Crippen molar-refractivity contribution in [3.8, 4) is 27.6 Å². The Hall–Kier alpha value is -2.89. The van der Waals surface area contributed by atoms with Crippen molar-refractivity contribution in [2.45, 2.75) is 36.4 Å². The summed E-state index contributed by atoms with van der Waals surface area (Å²) in [5.74, 6) is -0.977. The van der Waals surface area contributed by atoms with E-state index in [1.807, 2.05) is 42.8 Å². The van der Waals surface area contributed by atoms with Gasteiger partial charge in [0.1, 0.15) is 16.6 Å². The Morgan fingerprint density at radius 2 is 2.17 bits per heavy atom. The van der Waals surface area contributed by atoms with Crippen LogP contribution in [0.15, 0.2) is 39.9 Å². The number of aliphatic carboxylic acids is 1. The summed E-state index contributed by atoms with van der Waals surface area (Å²) in [4.78, 5) is 31.7. The molecular formula is C25H28N4O4S3. The number of hydrogen-bond acceptors (Lipinski definition) is 8. The zero-order valence-electron chi connectivity index (χ0n) is 20.0. The Bertz CT molecular complexity index is 1270. The van der Waals surface area contributed by atoms with Crippen LogP contribution in [0.1, 0.15) is 31.1 Å². The molecule has 2 aromatic heterocycles. The van der Waals surface area contributed by atoms with Gasteiger partial charge in [0.2, 0.25) is 0 Å². The number of ether oxygens (including phenoxy) is 1. The van der Waals surface area contributed by atoms with Crippen LogP contribution < -0.4 is 10.5 Å². The predicted molar refractivity (Wildman–Crippen MR) is 145 cm³/mol. The van der Waals surface area contributed by atoms with Crippen molar-refractivity contribution in [2.75, 3.05) is 19.4 Å². The predicted octanol–water partition coefficient (Wildman–Crippen LogP) is 5.03. The molecule has 36 heavy (non-hydrogen) atoms. The highest BCUT2D eigenvalue weighted by molar-refractivity contribution is 8.00. The number of carbonyl (C=O) groups excluding carboxylic acids is 1. The topological polar surface area (TPSA) is 130 Å². The first-order chi connectivity index (χ1) is 17.3. The van der Waals surface area contributed by atoms with Gasteiger partial charge >= 0.3 is 5.97 Å². The highest BCUT2D eigenvalue weighted by atomic mass is 32.2. The molecule has 0 radical (unpaired) electrons. The molecule has 4 N–H and O–H groups in total. The lowest BCUT2D eigenvalue weighted by Gasteiger charge is -2.39. The van der Waals surface area contributed by atoms with Crippen molar-refractivity contribution < 1.29 is 19.4 Å². The van der Waals surface area contributed by atoms with Gasteiger partial charge in [-0.05, 0) is 43.7 Å². The number of amides is 1. The number of carbonyl (C=O) groups is 2. The molecule has 1 fully saturated rings. The van der Waals surface area contributed by atoms with Crippen LogP contribution in [-0.4, -0.2) is 58.2 Å². The lowest BCUT2D eigenvalue weighted by molar-refractivity contribution is -0.150. The molecule has 11 heteroatoms. The number of aromatic nitrogens is 1. The van der Waals surface area contributed by atoms with Gasteiger partial charge in [-0.3, -0.25) is 15.0 Å². The molecule has 2 atom stereocenters. The van der Waals surface area contributed by atoms with Crippen LogP contribution in [0.4, 0.5) is 0 Å². The summed E-state index contributed by atoms with van der Waals surface area (Å²) < 4.78 is 6.89. The Labute approximate surface area is 222 Å². The number of likely N-dealkylation sites (tertiary alicyclic amines) is 1. The third-order valence-corrected chi connectivity index (χ3v) is 9.39. The number of thiophene rings is 1. The Morgan fingerprint density at radius 3 is 2.86 bits per heavy atom. The number of nitrogens with one attached hydrogen (secondary N) is 1. The second kappa shape index (κ2) is 11.4. The minimum atomic E-state index is -0.847. The van der Waals surface area contributed by atoms with E-state index in [0.717, 1.165) is 30.9 Å². The van der Waals surface area contributed by atoms with Crippen molar-refractivity contribution in [3.63, 3.8) is 0 Å². The number of piperidine rings is 1. The van der Waals surface area contributed by atoms with Crippen LogP contribution in [-0.2, 0) is 9.59 Å². The molecule has 1 amide bonds. The second-order valence-electron chi connectivity index (χ2n) is 8.43. The summed E-state index contributed by atoms with van der Waals surface area (Å²) >= 11 is 4.61. The smallest absolute Gasteiger partial charge is 0.308 e. The monoisotopic (exact) mass is 544 g/mol. The Kier molecular flexibility index (Phi) is 8.32. The van der Waals surface area contributed by atoms with Crippen LogP contribution in [0.5, 0.6) is 5.75 Å². The van der Waals surface area contributed by atoms with Crippen LogP contribution in [0.2, 0.25) is 0 Å². The number of rotatable bonds is 9. The third kappa shape index (κ3) is 5.58. The van der Waals surface area contributed by atoms with E-state index in [1.165, 1.54) is 22.7 Å². The third-order valence-electron chi connectivity index (χ3n) is 6.21. The standard InChI is InChI=1S/C25H28N4O4S3/c1-3-19-16(24(31)32)8-5-9-29(19)21(30)12-33-15-7-4-6-14(10-15)18-13-35-23(28-18)17-11-20(22(26)27)36-25(17)34-2/h4,6-7,10-11,13,16,19H,3,5,8-9,12H2,1-2H3,(H3,26,27)(H,31,32). The fourth-order valence-corrected chi connectivity index (χ4v) is 7.18. The maximum Gasteiger partial charge on any atom is 0.308 e. The molecule has 1 aliphatic heterocycles. The van der Waals surface area contributed by atoms with Gasteiger partial charge in [-0.25, -0.2) is 4.98 Å². The van der Waals surface area contributed by atoms with Crippen LogP contribution in [0.25, 0.3) is 21.8 Å². The van der Waals surface area contributed by atoms with E-state index in [2.05, 4.69) is 0 Å². The quantitative estimate of drug-likeness (QED) is 0.196. The van der Waals surface area contributed by atoms with E-state index in [0.29, 0.717) is 31.6 Å². The number of hydrogen-bond donors (Lipinski definition) is 3. The SMILES string of the molecule is CCC1C(C(=O)O)CCCN1C(=O)COc1cccc(-c2csc(-c3cc(C(=N)N)sc3SC)n2)c1. The fourth-order valence-electron chi connectivity index (χ4n) is 4.47. The molecule has 1 aliphatic rings. The van der Waals surface area contributed by atoms with Crippen LogP contribution >= 0.6 is 34.4 Å². The van der Waals surface area contributed by atoms with Crippen molar-refractivity contribution >= 4 is 52.1 Å². The Balaban J connectivity index is 1.46. The summed E-state index contributed by atoms with van der Waals surface area (Å²) in [6.07, 6.45) is 3.86. The lowest BCUT2D eigenvalue weighted by atomic mass is 9.87. The van der Waals surface area contributed by atoms with Crippen molar-refractivity contribution in [1.29, 1.82) is 5.41 Å². The molecule has 0 spiro atoms. The first kappa shape index (κ1) is 26.2. The molecule has 2 unspecified atom stereocenters. The molecular weight excluding hydrogens is 517 g/mol. The van der Waals surface area contributed by atoms with Gasteiger partial charge < -0.3 is 20.5 Å². The largest absolute Gasteiger partial charge is 0.484 e. The van der Waals surface area contributed by atoms with Gasteiger partial charge in [0.25, 0.3) is 5.91 Å². The van der Waals surface area contributed by atoms with Crippen LogP contribution in [0, 0.1) is 11.3 Å². The van der Waals surface area contributed by atoms with Gasteiger partial charge in [0.15, 0.2) is 6.61 Å². The molecule has 3 aromatic rings. The molecule has 3 heterocycles. The number of nitrogens with two attached hydrogens (primary N) is 1. The second-order valence-corrected chi connectivity index (χ2v) is 11.4. The molecule has 4 rings (SSSR count). The van der Waals surface area contributed by atoms with Gasteiger partial charge in [0, 0.05) is 29.1 Å². The minimum absolute atomic E-state index is 0.0472. The lowest BCUT2D eigenvalue weighted by Crippen LogP contribution is -2.51. The normalized spacial score (nSPS) is 17.7. The molecule has 0 saturated carbocycles. The number of amidine groups is 1. The van der Waals surface area contributed by atoms with E-state index in [9.17, 15) is 14.7 Å². The van der Waals surface area contributed by atoms with Gasteiger partial charge in [-0.2, -0.15) is 0 Å². The number of carboxylic acid groups (broad SMARTS) is 1. The van der Waals surface area contributed by atoms with Crippen molar-refractivity contribution in [2.24, 2.45) is 11.7 Å². The number of nitrogen functional groups attached to an aromatic ring is 1. The van der Waals surface area contributed by atoms with E-state index >= 15 is 0 Å². The molecule has 8 nitrogen and oxygen atoms in total. The average Bonchev–Trinajstić information content (AvgIpc) is 3.54. The van der Waals surface area contributed by atoms with Gasteiger partial charge in [-0.1, -0.05) is 19.1 Å². The zero-order valence-corrected chi connectivity index (χ0v) is 22.5. The fraction of sp³-hybridized carbons (Fsp3) is 0.360. The summed E-state index contributed by atoms with van der Waals surface area (Å²) in [5, 5.41) is 20.1. The van der Waals surface area contributed by atoms with E-state index in [-0.39, 0.29) is 24.4 Å². The number of thiazole rings is 1. The summed E-state index contributed by atoms with van der Waals surface area (Å²) in [5.41, 5.74) is 8.30. The van der Waals surface area contributed by atoms with Crippen LogP contribution in [0.3, 0.4) is 0 Å². The van der Waals surface area contributed by atoms with E-state index in [4.69, 9.17) is 20.9 Å². The van der Waals surface area contributed by atoms with Crippen molar-refractivity contribution in [3.05, 3.63) is 40.6 Å². The number of thioether (sulfide) groups is 1. The number of nitrogens with zero attached hydrogens (tertiary/aromatic N) is 2. The molecule has 1 saturated heterocycles. The van der Waals surface area contributed by atoms with Crippen molar-refractivity contribution in [1.82, 2.24) is 9.88 Å². The summed E-state index contributed by atoms with van der Waals surface area (Å²) in [7, 11) is 0. The maximum absolute atomic E-state index is 12.9. The zero-order chi connectivity index (χ0) is 25.8. The van der Waals surface area contributed by atoms with E-state index < -0.39 is 11.9 Å². The minimum Gasteiger partial charge on any atom is -0.484 e. The highest BCUT2D eigenvalue weighted by Gasteiger charge is 2.37. The molecule has 1 aromatic carbocycles. The molecule has 0 aliphatic carbocycles. The highest BCUT2D eigenvalue weighted by Crippen LogP contribution is 2.40. The van der Waals surface area contributed by atoms with E-state index in [1.54, 1.807) is 22.7 Å².